The third-order valence-electron chi connectivity index (χ3n) is 1.42. The Labute approximate surface area is 57.8 Å². The van der Waals surface area contributed by atoms with Crippen molar-refractivity contribution >= 4 is 0 Å². The van der Waals surface area contributed by atoms with Crippen LogP contribution in [0.1, 0.15) is 27.2 Å². The lowest BCUT2D eigenvalue weighted by atomic mass is 10.0. The molecule has 0 aliphatic heterocycles. The van der Waals surface area contributed by atoms with Gasteiger partial charge in [-0.1, -0.05) is 6.92 Å². The van der Waals surface area contributed by atoms with Crippen LogP contribution in [0.4, 0.5) is 0 Å². The van der Waals surface area contributed by atoms with Gasteiger partial charge in [0.05, 0.1) is 0 Å². The molecule has 0 atom stereocenters. The van der Waals surface area contributed by atoms with Crippen molar-refractivity contribution in [3.63, 3.8) is 0 Å². The van der Waals surface area contributed by atoms with E-state index < -0.39 is 0 Å². The van der Waals surface area contributed by atoms with E-state index in [4.69, 9.17) is 5.73 Å². The predicted octanol–water partition coefficient (Wildman–Crippen LogP) is 0.723. The molecule has 0 bridgehead atoms. The summed E-state index contributed by atoms with van der Waals surface area (Å²) in [5.74, 6) is 0. The smallest absolute Gasteiger partial charge is 0.0137 e. The summed E-state index contributed by atoms with van der Waals surface area (Å²) in [7, 11) is 0. The quantitative estimate of drug-likeness (QED) is 0.588. The van der Waals surface area contributed by atoms with Gasteiger partial charge in [0.15, 0.2) is 0 Å². The molecule has 0 aliphatic rings. The van der Waals surface area contributed by atoms with Crippen LogP contribution < -0.4 is 11.1 Å². The second-order valence-corrected chi connectivity index (χ2v) is 2.95. The van der Waals surface area contributed by atoms with Crippen molar-refractivity contribution in [2.45, 2.75) is 32.7 Å². The van der Waals surface area contributed by atoms with Gasteiger partial charge in [0.2, 0.25) is 0 Å². The first-order valence-electron chi connectivity index (χ1n) is 3.57. The topological polar surface area (TPSA) is 38.0 Å². The van der Waals surface area contributed by atoms with E-state index in [9.17, 15) is 0 Å². The molecule has 0 unspecified atom stereocenters. The van der Waals surface area contributed by atoms with Crippen LogP contribution in [0.5, 0.6) is 0 Å². The van der Waals surface area contributed by atoms with Crippen molar-refractivity contribution in [2.24, 2.45) is 5.73 Å². The molecule has 3 N–H and O–H groups in total. The van der Waals surface area contributed by atoms with E-state index in [-0.39, 0.29) is 5.54 Å². The minimum absolute atomic E-state index is 0.226. The summed E-state index contributed by atoms with van der Waals surface area (Å²) in [5, 5.41) is 3.34. The third-order valence-corrected chi connectivity index (χ3v) is 1.42. The largest absolute Gasteiger partial charge is 0.330 e. The van der Waals surface area contributed by atoms with Gasteiger partial charge >= 0.3 is 0 Å². The normalized spacial score (nSPS) is 12.0. The van der Waals surface area contributed by atoms with Crippen LogP contribution in [0, 0.1) is 0 Å². The van der Waals surface area contributed by atoms with Crippen LogP contribution in [0.25, 0.3) is 0 Å². The molecule has 0 spiro atoms. The van der Waals surface area contributed by atoms with E-state index in [2.05, 4.69) is 26.1 Å². The minimum atomic E-state index is 0.226. The molecule has 0 heterocycles. The molecule has 0 aliphatic carbocycles. The summed E-state index contributed by atoms with van der Waals surface area (Å²) in [6, 6.07) is 0. The SMILES string of the molecule is CCNC(C)(C)CCN. The molecule has 0 fully saturated rings. The van der Waals surface area contributed by atoms with Crippen molar-refractivity contribution in [1.82, 2.24) is 5.32 Å². The van der Waals surface area contributed by atoms with Crippen LogP contribution >= 0.6 is 0 Å². The number of hydrogen-bond acceptors (Lipinski definition) is 2. The highest BCUT2D eigenvalue weighted by molar-refractivity contribution is 4.76. The lowest BCUT2D eigenvalue weighted by molar-refractivity contribution is 0.377. The highest BCUT2D eigenvalue weighted by Gasteiger charge is 2.13. The maximum Gasteiger partial charge on any atom is 0.0137 e. The number of hydrogen-bond donors (Lipinski definition) is 2. The second-order valence-electron chi connectivity index (χ2n) is 2.95. The molecule has 0 radical (unpaired) electrons. The Balaban J connectivity index is 3.43. The van der Waals surface area contributed by atoms with Gasteiger partial charge in [0.1, 0.15) is 0 Å². The van der Waals surface area contributed by atoms with Gasteiger partial charge in [0, 0.05) is 5.54 Å². The van der Waals surface area contributed by atoms with Crippen molar-refractivity contribution in [2.75, 3.05) is 13.1 Å². The number of rotatable bonds is 4. The van der Waals surface area contributed by atoms with Crippen molar-refractivity contribution < 1.29 is 0 Å². The molecule has 2 heteroatoms. The minimum Gasteiger partial charge on any atom is -0.330 e. The van der Waals surface area contributed by atoms with E-state index in [1.54, 1.807) is 0 Å². The first-order valence-corrected chi connectivity index (χ1v) is 3.57. The first kappa shape index (κ1) is 8.92. The molecule has 9 heavy (non-hydrogen) atoms. The second kappa shape index (κ2) is 3.85. The lowest BCUT2D eigenvalue weighted by Crippen LogP contribution is -2.40. The Kier molecular flexibility index (Phi) is 3.82. The predicted molar refractivity (Wildman–Crippen MR) is 41.4 cm³/mol. The molecule has 0 saturated heterocycles. The maximum absolute atomic E-state index is 5.40. The van der Waals surface area contributed by atoms with Gasteiger partial charge in [-0.05, 0) is 33.4 Å². The fraction of sp³-hybridized carbons (Fsp3) is 1.00. The molecular weight excluding hydrogens is 112 g/mol. The summed E-state index contributed by atoms with van der Waals surface area (Å²) in [5.41, 5.74) is 5.63. The molecule has 0 saturated carbocycles. The Bertz CT molecular complexity index is 61.3. The zero-order valence-electron chi connectivity index (χ0n) is 6.70. The zero-order chi connectivity index (χ0) is 7.33. The monoisotopic (exact) mass is 130 g/mol. The van der Waals surface area contributed by atoms with E-state index in [0.717, 1.165) is 19.5 Å². The Hall–Kier alpha value is -0.0800. The van der Waals surface area contributed by atoms with Crippen LogP contribution in [0.15, 0.2) is 0 Å². The van der Waals surface area contributed by atoms with Crippen molar-refractivity contribution in [3.8, 4) is 0 Å². The van der Waals surface area contributed by atoms with E-state index in [0.29, 0.717) is 0 Å². The fourth-order valence-electron chi connectivity index (χ4n) is 0.928. The molecule has 56 valence electrons. The highest BCUT2D eigenvalue weighted by Crippen LogP contribution is 2.04. The summed E-state index contributed by atoms with van der Waals surface area (Å²) >= 11 is 0. The van der Waals surface area contributed by atoms with Crippen LogP contribution in [0.2, 0.25) is 0 Å². The van der Waals surface area contributed by atoms with Gasteiger partial charge in [-0.2, -0.15) is 0 Å². The zero-order valence-corrected chi connectivity index (χ0v) is 6.70. The van der Waals surface area contributed by atoms with Gasteiger partial charge in [-0.15, -0.1) is 0 Å². The van der Waals surface area contributed by atoms with Gasteiger partial charge in [-0.25, -0.2) is 0 Å². The van der Waals surface area contributed by atoms with E-state index in [1.165, 1.54) is 0 Å². The van der Waals surface area contributed by atoms with Crippen molar-refractivity contribution in [1.29, 1.82) is 0 Å². The Morgan fingerprint density at radius 2 is 2.00 bits per heavy atom. The van der Waals surface area contributed by atoms with Crippen LogP contribution in [-0.2, 0) is 0 Å². The number of nitrogens with two attached hydrogens (primary N) is 1. The Morgan fingerprint density at radius 3 is 2.33 bits per heavy atom. The average molecular weight is 130 g/mol. The lowest BCUT2D eigenvalue weighted by Gasteiger charge is -2.24. The summed E-state index contributed by atoms with van der Waals surface area (Å²) in [6.07, 6.45) is 1.04. The van der Waals surface area contributed by atoms with Crippen LogP contribution in [0.3, 0.4) is 0 Å². The maximum atomic E-state index is 5.40. The summed E-state index contributed by atoms with van der Waals surface area (Å²) in [6.45, 7) is 8.23. The van der Waals surface area contributed by atoms with Crippen LogP contribution in [-0.4, -0.2) is 18.6 Å². The molecule has 0 aromatic carbocycles. The first-order chi connectivity index (χ1) is 4.12. The molecule has 0 amide bonds. The average Bonchev–Trinajstić information content (AvgIpc) is 1.64. The summed E-state index contributed by atoms with van der Waals surface area (Å²) < 4.78 is 0. The molecule has 2 nitrogen and oxygen atoms in total. The molecule has 0 aromatic heterocycles. The standard InChI is InChI=1S/C7H18N2/c1-4-9-7(2,3)5-6-8/h9H,4-6,8H2,1-3H3. The third kappa shape index (κ3) is 4.43. The summed E-state index contributed by atoms with van der Waals surface area (Å²) in [4.78, 5) is 0. The van der Waals surface area contributed by atoms with Gasteiger partial charge < -0.3 is 11.1 Å². The molecule has 0 aromatic rings. The molecular formula is C7H18N2. The van der Waals surface area contributed by atoms with E-state index >= 15 is 0 Å². The van der Waals surface area contributed by atoms with Gasteiger partial charge in [-0.3, -0.25) is 0 Å². The van der Waals surface area contributed by atoms with E-state index in [1.807, 2.05) is 0 Å². The van der Waals surface area contributed by atoms with Gasteiger partial charge in [0.25, 0.3) is 0 Å². The highest BCUT2D eigenvalue weighted by atomic mass is 14.9. The molecule has 0 rings (SSSR count). The van der Waals surface area contributed by atoms with Crippen molar-refractivity contribution in [3.05, 3.63) is 0 Å². The fourth-order valence-corrected chi connectivity index (χ4v) is 0.928. The number of nitrogens with one attached hydrogen (secondary N) is 1. The Morgan fingerprint density at radius 1 is 1.44 bits per heavy atom.